The van der Waals surface area contributed by atoms with Gasteiger partial charge in [0.05, 0.1) is 23.9 Å². The lowest BCUT2D eigenvalue weighted by Crippen LogP contribution is -2.55. The van der Waals surface area contributed by atoms with E-state index in [1.165, 1.54) is 6.92 Å². The van der Waals surface area contributed by atoms with Gasteiger partial charge in [-0.05, 0) is 19.1 Å². The fraction of sp³-hybridized carbons (Fsp3) is 0.385. The summed E-state index contributed by atoms with van der Waals surface area (Å²) in [6, 6.07) is 6.43. The smallest absolute Gasteiger partial charge is 0.273 e. The van der Waals surface area contributed by atoms with E-state index in [1.54, 1.807) is 24.3 Å². The largest absolute Gasteiger partial charge is 0.388 e. The zero-order chi connectivity index (χ0) is 13.8. The van der Waals surface area contributed by atoms with E-state index >= 15 is 0 Å². The van der Waals surface area contributed by atoms with Gasteiger partial charge in [-0.15, -0.1) is 0 Å². The molecule has 0 spiro atoms. The molecule has 0 aliphatic carbocycles. The number of aliphatic hydroxyl groups excluding tert-OH is 1. The molecule has 5 nitrogen and oxygen atoms in total. The van der Waals surface area contributed by atoms with Crippen molar-refractivity contribution in [3.8, 4) is 0 Å². The first-order valence-electron chi connectivity index (χ1n) is 6.01. The molecule has 3 rings (SSSR count). The fourth-order valence-corrected chi connectivity index (χ4v) is 2.44. The number of aliphatic hydroxyl groups is 1. The average Bonchev–Trinajstić information content (AvgIpc) is 2.38. The molecule has 1 aliphatic rings. The van der Waals surface area contributed by atoms with E-state index in [1.807, 2.05) is 0 Å². The lowest BCUT2D eigenvalue weighted by Gasteiger charge is -2.34. The second-order valence-electron chi connectivity index (χ2n) is 5.09. The molecule has 100 valence electrons. The standard InChI is InChI=1S/C13H13FN2O3/c1-13(14)7-16-12(19)9-5-3-2-4-8(9)11(18)15(16)6-10(13)17/h2-5,10,17H,6-7H2,1H3/t10-,13-/m1/s1. The Hall–Kier alpha value is -1.95. The van der Waals surface area contributed by atoms with E-state index in [0.717, 1.165) is 9.36 Å². The number of benzene rings is 1. The van der Waals surface area contributed by atoms with Crippen molar-refractivity contribution in [3.05, 3.63) is 45.0 Å². The summed E-state index contributed by atoms with van der Waals surface area (Å²) in [6.45, 7) is 0.687. The molecule has 0 saturated heterocycles. The fourth-order valence-electron chi connectivity index (χ4n) is 2.44. The molecule has 6 heteroatoms. The Balaban J connectivity index is 2.41. The highest BCUT2D eigenvalue weighted by Crippen LogP contribution is 2.23. The van der Waals surface area contributed by atoms with Gasteiger partial charge in [-0.3, -0.25) is 9.59 Å². The van der Waals surface area contributed by atoms with Gasteiger partial charge in [0.25, 0.3) is 11.1 Å². The van der Waals surface area contributed by atoms with Crippen molar-refractivity contribution in [2.24, 2.45) is 0 Å². The SMILES string of the molecule is C[C@@]1(F)Cn2c(=O)c3ccccc3c(=O)n2C[C@H]1O. The minimum atomic E-state index is -1.92. The van der Waals surface area contributed by atoms with Crippen LogP contribution in [0.2, 0.25) is 0 Å². The van der Waals surface area contributed by atoms with E-state index in [-0.39, 0.29) is 24.0 Å². The van der Waals surface area contributed by atoms with Crippen molar-refractivity contribution < 1.29 is 9.50 Å². The molecule has 2 atom stereocenters. The van der Waals surface area contributed by atoms with Crippen LogP contribution in [0.3, 0.4) is 0 Å². The molecule has 1 N–H and O–H groups in total. The molecular weight excluding hydrogens is 251 g/mol. The minimum Gasteiger partial charge on any atom is -0.388 e. The monoisotopic (exact) mass is 264 g/mol. The van der Waals surface area contributed by atoms with Crippen LogP contribution in [-0.2, 0) is 13.1 Å². The van der Waals surface area contributed by atoms with Gasteiger partial charge in [-0.25, -0.2) is 13.8 Å². The second kappa shape index (κ2) is 3.77. The summed E-state index contributed by atoms with van der Waals surface area (Å²) in [4.78, 5) is 24.5. The van der Waals surface area contributed by atoms with E-state index in [0.29, 0.717) is 5.39 Å². The lowest BCUT2D eigenvalue weighted by molar-refractivity contribution is -0.0515. The molecule has 0 radical (unpaired) electrons. The van der Waals surface area contributed by atoms with Crippen LogP contribution in [0.4, 0.5) is 4.39 Å². The molecule has 1 aromatic carbocycles. The quantitative estimate of drug-likeness (QED) is 0.742. The molecule has 19 heavy (non-hydrogen) atoms. The van der Waals surface area contributed by atoms with Gasteiger partial charge in [0.2, 0.25) is 0 Å². The first-order valence-corrected chi connectivity index (χ1v) is 6.01. The molecule has 0 fully saturated rings. The molecule has 1 aromatic heterocycles. The van der Waals surface area contributed by atoms with E-state index in [4.69, 9.17) is 0 Å². The van der Waals surface area contributed by atoms with Gasteiger partial charge in [0, 0.05) is 0 Å². The molecule has 0 bridgehead atoms. The Morgan fingerprint density at radius 2 is 1.74 bits per heavy atom. The molecular formula is C13H13FN2O3. The van der Waals surface area contributed by atoms with Crippen molar-refractivity contribution in [2.75, 3.05) is 0 Å². The first kappa shape index (κ1) is 12.1. The molecule has 1 aliphatic heterocycles. The van der Waals surface area contributed by atoms with Crippen molar-refractivity contribution in [2.45, 2.75) is 31.8 Å². The maximum atomic E-state index is 14.1. The lowest BCUT2D eigenvalue weighted by atomic mass is 9.99. The highest BCUT2D eigenvalue weighted by molar-refractivity contribution is 5.80. The van der Waals surface area contributed by atoms with Crippen LogP contribution < -0.4 is 11.1 Å². The van der Waals surface area contributed by atoms with Crippen LogP contribution >= 0.6 is 0 Å². The zero-order valence-electron chi connectivity index (χ0n) is 10.3. The maximum absolute atomic E-state index is 14.1. The van der Waals surface area contributed by atoms with Crippen molar-refractivity contribution >= 4 is 10.8 Å². The number of hydrogen-bond acceptors (Lipinski definition) is 3. The number of aromatic nitrogens is 2. The highest BCUT2D eigenvalue weighted by atomic mass is 19.1. The first-order chi connectivity index (χ1) is 8.92. The summed E-state index contributed by atoms with van der Waals surface area (Å²) in [5.41, 5.74) is -2.71. The third-order valence-corrected chi connectivity index (χ3v) is 3.65. The van der Waals surface area contributed by atoms with Gasteiger partial charge in [-0.1, -0.05) is 12.1 Å². The number of halogens is 1. The predicted molar refractivity (Wildman–Crippen MR) is 68.0 cm³/mol. The summed E-state index contributed by atoms with van der Waals surface area (Å²) in [5.74, 6) is 0. The Kier molecular flexibility index (Phi) is 2.40. The number of nitrogens with zero attached hydrogens (tertiary/aromatic N) is 2. The summed E-state index contributed by atoms with van der Waals surface area (Å²) in [6.07, 6.45) is -1.30. The second-order valence-corrected chi connectivity index (χ2v) is 5.09. The maximum Gasteiger partial charge on any atom is 0.273 e. The van der Waals surface area contributed by atoms with Gasteiger partial charge in [-0.2, -0.15) is 0 Å². The molecule has 0 saturated carbocycles. The van der Waals surface area contributed by atoms with Gasteiger partial charge >= 0.3 is 0 Å². The Bertz CT molecular complexity index is 776. The Morgan fingerprint density at radius 1 is 1.21 bits per heavy atom. The number of fused-ring (bicyclic) bond motifs is 2. The van der Waals surface area contributed by atoms with Crippen LogP contribution in [0.1, 0.15) is 6.92 Å². The Morgan fingerprint density at radius 3 is 2.32 bits per heavy atom. The number of hydrogen-bond donors (Lipinski definition) is 1. The van der Waals surface area contributed by atoms with Crippen LogP contribution in [0.25, 0.3) is 10.8 Å². The molecule has 2 heterocycles. The normalized spacial score (nSPS) is 26.4. The summed E-state index contributed by atoms with van der Waals surface area (Å²) in [7, 11) is 0. The van der Waals surface area contributed by atoms with Crippen LogP contribution in [0.5, 0.6) is 0 Å². The predicted octanol–water partition coefficient (Wildman–Crippen LogP) is 0.266. The summed E-state index contributed by atoms with van der Waals surface area (Å²) in [5, 5.41) is 10.3. The molecule has 2 aromatic rings. The topological polar surface area (TPSA) is 64.2 Å². The number of alkyl halides is 1. The minimum absolute atomic E-state index is 0.216. The van der Waals surface area contributed by atoms with E-state index in [9.17, 15) is 19.1 Å². The van der Waals surface area contributed by atoms with Gasteiger partial charge < -0.3 is 5.11 Å². The van der Waals surface area contributed by atoms with E-state index < -0.39 is 17.3 Å². The van der Waals surface area contributed by atoms with Crippen molar-refractivity contribution in [1.82, 2.24) is 9.36 Å². The van der Waals surface area contributed by atoms with Gasteiger partial charge in [0.1, 0.15) is 6.10 Å². The molecule has 0 amide bonds. The van der Waals surface area contributed by atoms with E-state index in [2.05, 4.69) is 0 Å². The molecule has 0 unspecified atom stereocenters. The van der Waals surface area contributed by atoms with Gasteiger partial charge in [0.15, 0.2) is 5.67 Å². The van der Waals surface area contributed by atoms with Crippen LogP contribution in [0.15, 0.2) is 33.9 Å². The van der Waals surface area contributed by atoms with Crippen molar-refractivity contribution in [3.63, 3.8) is 0 Å². The highest BCUT2D eigenvalue weighted by Gasteiger charge is 2.39. The van der Waals surface area contributed by atoms with Crippen molar-refractivity contribution in [1.29, 1.82) is 0 Å². The average molecular weight is 264 g/mol. The Labute approximate surface area is 107 Å². The third-order valence-electron chi connectivity index (χ3n) is 3.65. The number of rotatable bonds is 0. The summed E-state index contributed by atoms with van der Waals surface area (Å²) >= 11 is 0. The summed E-state index contributed by atoms with van der Waals surface area (Å²) < 4.78 is 16.3. The van der Waals surface area contributed by atoms with Crippen LogP contribution in [0, 0.1) is 0 Å². The zero-order valence-corrected chi connectivity index (χ0v) is 10.3. The van der Waals surface area contributed by atoms with Crippen LogP contribution in [-0.4, -0.2) is 26.2 Å². The third kappa shape index (κ3) is 1.63.